The predicted molar refractivity (Wildman–Crippen MR) is 70.1 cm³/mol. The van der Waals surface area contributed by atoms with E-state index in [1.165, 1.54) is 12.8 Å². The lowest BCUT2D eigenvalue weighted by atomic mass is 10.1. The first-order valence-electron chi connectivity index (χ1n) is 5.76. The molecule has 1 aliphatic rings. The van der Waals surface area contributed by atoms with Gasteiger partial charge in [0, 0.05) is 18.7 Å². The molecule has 17 heavy (non-hydrogen) atoms. The van der Waals surface area contributed by atoms with E-state index in [0.717, 1.165) is 12.5 Å². The van der Waals surface area contributed by atoms with Crippen molar-refractivity contribution in [3.8, 4) is 0 Å². The minimum Gasteiger partial charge on any atom is -0.368 e. The van der Waals surface area contributed by atoms with E-state index < -0.39 is 0 Å². The van der Waals surface area contributed by atoms with Crippen molar-refractivity contribution in [2.45, 2.75) is 18.9 Å². The molecule has 94 valence electrons. The van der Waals surface area contributed by atoms with E-state index in [0.29, 0.717) is 17.0 Å². The molecule has 1 aromatic heterocycles. The Bertz CT molecular complexity index is 369. The average molecular weight is 256 g/mol. The number of nitrogens with two attached hydrogens (primary N) is 1. The molecule has 5 nitrogen and oxygen atoms in total. The first-order chi connectivity index (χ1) is 8.06. The highest BCUT2D eigenvalue weighted by atomic mass is 35.5. The smallest absolute Gasteiger partial charge is 0.223 e. The molecule has 1 atom stereocenters. The number of rotatable bonds is 5. The first-order valence-corrected chi connectivity index (χ1v) is 6.14. The Labute approximate surface area is 106 Å². The maximum absolute atomic E-state index is 5.82. The van der Waals surface area contributed by atoms with Gasteiger partial charge in [-0.25, -0.2) is 4.98 Å². The summed E-state index contributed by atoms with van der Waals surface area (Å²) in [5, 5.41) is 3.64. The van der Waals surface area contributed by atoms with Crippen molar-refractivity contribution in [1.82, 2.24) is 14.9 Å². The van der Waals surface area contributed by atoms with Gasteiger partial charge in [0.05, 0.1) is 0 Å². The third-order valence-electron chi connectivity index (χ3n) is 3.03. The van der Waals surface area contributed by atoms with Gasteiger partial charge in [0.25, 0.3) is 0 Å². The van der Waals surface area contributed by atoms with Crippen molar-refractivity contribution in [3.63, 3.8) is 0 Å². The van der Waals surface area contributed by atoms with Crippen molar-refractivity contribution in [2.75, 3.05) is 31.7 Å². The van der Waals surface area contributed by atoms with Gasteiger partial charge < -0.3 is 16.0 Å². The van der Waals surface area contributed by atoms with E-state index in [9.17, 15) is 0 Å². The molecular weight excluding hydrogens is 238 g/mol. The molecule has 0 aromatic carbocycles. The summed E-state index contributed by atoms with van der Waals surface area (Å²) in [5.41, 5.74) is 5.54. The molecule has 1 aliphatic carbocycles. The number of nitrogens with zero attached hydrogens (tertiary/aromatic N) is 3. The molecule has 6 heteroatoms. The van der Waals surface area contributed by atoms with Gasteiger partial charge in [0.15, 0.2) is 0 Å². The van der Waals surface area contributed by atoms with Crippen LogP contribution in [0.25, 0.3) is 0 Å². The number of nitrogens with one attached hydrogen (secondary N) is 1. The van der Waals surface area contributed by atoms with Crippen LogP contribution in [0.3, 0.4) is 0 Å². The maximum atomic E-state index is 5.82. The molecule has 0 bridgehead atoms. The third-order valence-corrected chi connectivity index (χ3v) is 3.23. The molecule has 1 aromatic rings. The molecule has 0 spiro atoms. The van der Waals surface area contributed by atoms with Crippen LogP contribution in [0.4, 0.5) is 11.8 Å². The van der Waals surface area contributed by atoms with Crippen LogP contribution in [0, 0.1) is 5.92 Å². The average Bonchev–Trinajstić information content (AvgIpc) is 3.00. The van der Waals surface area contributed by atoms with Gasteiger partial charge in [0.2, 0.25) is 5.95 Å². The topological polar surface area (TPSA) is 67.1 Å². The monoisotopic (exact) mass is 255 g/mol. The molecule has 1 saturated carbocycles. The van der Waals surface area contributed by atoms with Gasteiger partial charge in [0.1, 0.15) is 11.0 Å². The van der Waals surface area contributed by atoms with Crippen molar-refractivity contribution >= 4 is 23.4 Å². The van der Waals surface area contributed by atoms with Crippen LogP contribution in [0.5, 0.6) is 0 Å². The molecule has 0 radical (unpaired) electrons. The predicted octanol–water partition coefficient (Wildman–Crippen LogP) is 1.46. The summed E-state index contributed by atoms with van der Waals surface area (Å²) in [6, 6.07) is 2.22. The second kappa shape index (κ2) is 5.06. The van der Waals surface area contributed by atoms with Crippen molar-refractivity contribution in [3.05, 3.63) is 11.2 Å². The van der Waals surface area contributed by atoms with Crippen molar-refractivity contribution in [2.24, 2.45) is 5.92 Å². The molecule has 0 aliphatic heterocycles. The van der Waals surface area contributed by atoms with Crippen LogP contribution in [-0.4, -0.2) is 41.5 Å². The van der Waals surface area contributed by atoms with Gasteiger partial charge in [-0.05, 0) is 32.9 Å². The lowest BCUT2D eigenvalue weighted by Crippen LogP contribution is -2.36. The maximum Gasteiger partial charge on any atom is 0.223 e. The second-order valence-electron chi connectivity index (χ2n) is 4.68. The minimum absolute atomic E-state index is 0.202. The first kappa shape index (κ1) is 12.4. The van der Waals surface area contributed by atoms with Crippen LogP contribution in [0.15, 0.2) is 6.07 Å². The van der Waals surface area contributed by atoms with E-state index in [1.807, 2.05) is 0 Å². The fourth-order valence-electron chi connectivity index (χ4n) is 1.99. The van der Waals surface area contributed by atoms with Gasteiger partial charge in [-0.3, -0.25) is 0 Å². The van der Waals surface area contributed by atoms with Crippen LogP contribution in [0.1, 0.15) is 12.8 Å². The third kappa shape index (κ3) is 3.44. The Kier molecular flexibility index (Phi) is 3.69. The quantitative estimate of drug-likeness (QED) is 0.780. The number of hydrogen-bond acceptors (Lipinski definition) is 5. The Morgan fingerprint density at radius 3 is 2.76 bits per heavy atom. The van der Waals surface area contributed by atoms with E-state index in [-0.39, 0.29) is 5.95 Å². The van der Waals surface area contributed by atoms with E-state index in [2.05, 4.69) is 34.3 Å². The van der Waals surface area contributed by atoms with Crippen LogP contribution < -0.4 is 11.1 Å². The molecule has 0 saturated heterocycles. The summed E-state index contributed by atoms with van der Waals surface area (Å²) in [7, 11) is 4.21. The molecule has 1 heterocycles. The standard InChI is InChI=1S/C11H18ClN5/c1-17(2)8(7-3-4-7)6-14-10-5-9(12)15-11(13)16-10/h5,7-8H,3-4,6H2,1-2H3,(H3,13,14,15,16). The Balaban J connectivity index is 1.95. The highest BCUT2D eigenvalue weighted by Crippen LogP contribution is 2.34. The number of nitrogen functional groups attached to an aromatic ring is 1. The number of anilines is 2. The molecule has 1 unspecified atom stereocenters. The van der Waals surface area contributed by atoms with E-state index in [1.54, 1.807) is 6.07 Å². The van der Waals surface area contributed by atoms with Gasteiger partial charge >= 0.3 is 0 Å². The summed E-state index contributed by atoms with van der Waals surface area (Å²) in [5.74, 6) is 1.69. The summed E-state index contributed by atoms with van der Waals surface area (Å²) in [6.07, 6.45) is 2.63. The van der Waals surface area contributed by atoms with Crippen LogP contribution >= 0.6 is 11.6 Å². The van der Waals surface area contributed by atoms with Gasteiger partial charge in [-0.1, -0.05) is 11.6 Å². The minimum atomic E-state index is 0.202. The van der Waals surface area contributed by atoms with Crippen LogP contribution in [-0.2, 0) is 0 Å². The van der Waals surface area contributed by atoms with Gasteiger partial charge in [-0.2, -0.15) is 4.98 Å². The highest BCUT2D eigenvalue weighted by Gasteiger charge is 2.32. The fourth-order valence-corrected chi connectivity index (χ4v) is 2.18. The Morgan fingerprint density at radius 2 is 2.24 bits per heavy atom. The van der Waals surface area contributed by atoms with Crippen molar-refractivity contribution in [1.29, 1.82) is 0 Å². The molecular formula is C11H18ClN5. The summed E-state index contributed by atoms with van der Waals surface area (Å²) >= 11 is 5.82. The lowest BCUT2D eigenvalue weighted by Gasteiger charge is -2.24. The number of halogens is 1. The second-order valence-corrected chi connectivity index (χ2v) is 5.07. The number of hydrogen-bond donors (Lipinski definition) is 2. The zero-order valence-corrected chi connectivity index (χ0v) is 10.9. The fraction of sp³-hybridized carbons (Fsp3) is 0.636. The molecule has 1 fully saturated rings. The zero-order valence-electron chi connectivity index (χ0n) is 10.2. The van der Waals surface area contributed by atoms with E-state index in [4.69, 9.17) is 17.3 Å². The van der Waals surface area contributed by atoms with Gasteiger partial charge in [-0.15, -0.1) is 0 Å². The molecule has 0 amide bonds. The molecule has 2 rings (SSSR count). The van der Waals surface area contributed by atoms with Crippen molar-refractivity contribution < 1.29 is 0 Å². The number of likely N-dealkylation sites (N-methyl/N-ethyl adjacent to an activating group) is 1. The molecule has 3 N–H and O–H groups in total. The van der Waals surface area contributed by atoms with Crippen LogP contribution in [0.2, 0.25) is 5.15 Å². The Hall–Kier alpha value is -1.07. The normalized spacial score (nSPS) is 17.2. The largest absolute Gasteiger partial charge is 0.368 e. The Morgan fingerprint density at radius 1 is 1.53 bits per heavy atom. The lowest BCUT2D eigenvalue weighted by molar-refractivity contribution is 0.276. The highest BCUT2D eigenvalue weighted by molar-refractivity contribution is 6.29. The zero-order chi connectivity index (χ0) is 12.4. The number of aromatic nitrogens is 2. The summed E-state index contributed by atoms with van der Waals surface area (Å²) in [4.78, 5) is 10.2. The summed E-state index contributed by atoms with van der Waals surface area (Å²) < 4.78 is 0. The summed E-state index contributed by atoms with van der Waals surface area (Å²) in [6.45, 7) is 0.852. The van der Waals surface area contributed by atoms with E-state index >= 15 is 0 Å². The SMILES string of the molecule is CN(C)C(CNc1cc(Cl)nc(N)n1)C1CC1.